The Morgan fingerprint density at radius 2 is 1.00 bits per heavy atom. The largest absolute Gasteiger partial charge is 0.420 e. The summed E-state index contributed by atoms with van der Waals surface area (Å²) < 4.78 is 12.8. The van der Waals surface area contributed by atoms with Crippen LogP contribution in [0.1, 0.15) is 64.2 Å². The second kappa shape index (κ2) is 9.74. The van der Waals surface area contributed by atoms with Crippen molar-refractivity contribution in [3.05, 3.63) is 0 Å². The molecule has 23 heavy (non-hydrogen) atoms. The van der Waals surface area contributed by atoms with E-state index in [1.807, 2.05) is 0 Å². The zero-order chi connectivity index (χ0) is 16.7. The standard InChI is InChI=1S/C19H40O2Si2/c1-22(2)20-15-19(16-21-23(3)4,17-11-7-5-8-12-17)18-13-9-6-10-14-18/h17-18,22-23H,5-16H2,1-4H3. The second-order valence-electron chi connectivity index (χ2n) is 8.62. The number of hydrogen-bond acceptors (Lipinski definition) is 2. The van der Waals surface area contributed by atoms with Gasteiger partial charge in [0.05, 0.1) is 0 Å². The van der Waals surface area contributed by atoms with Gasteiger partial charge in [-0.25, -0.2) is 0 Å². The molecule has 0 bridgehead atoms. The molecule has 2 aliphatic carbocycles. The van der Waals surface area contributed by atoms with Gasteiger partial charge in [-0.05, 0) is 63.7 Å². The highest BCUT2D eigenvalue weighted by atomic mass is 28.3. The Labute approximate surface area is 148 Å². The third kappa shape index (κ3) is 5.69. The molecule has 0 atom stereocenters. The Bertz CT molecular complexity index is 289. The highest BCUT2D eigenvalue weighted by molar-refractivity contribution is 6.48. The fourth-order valence-electron chi connectivity index (χ4n) is 4.85. The molecule has 2 saturated carbocycles. The van der Waals surface area contributed by atoms with Crippen LogP contribution in [0.3, 0.4) is 0 Å². The lowest BCUT2D eigenvalue weighted by molar-refractivity contribution is -0.0543. The third-order valence-electron chi connectivity index (χ3n) is 6.21. The Morgan fingerprint density at radius 3 is 1.30 bits per heavy atom. The van der Waals surface area contributed by atoms with E-state index in [2.05, 4.69) is 26.2 Å². The summed E-state index contributed by atoms with van der Waals surface area (Å²) in [5.41, 5.74) is 0.329. The van der Waals surface area contributed by atoms with Crippen LogP contribution < -0.4 is 0 Å². The van der Waals surface area contributed by atoms with Crippen molar-refractivity contribution >= 4 is 18.1 Å². The normalized spacial score (nSPS) is 22.2. The van der Waals surface area contributed by atoms with Crippen LogP contribution in [0.15, 0.2) is 0 Å². The number of rotatable bonds is 8. The fourth-order valence-corrected chi connectivity index (χ4v) is 6.13. The maximum absolute atomic E-state index is 6.42. The van der Waals surface area contributed by atoms with Gasteiger partial charge in [-0.2, -0.15) is 0 Å². The van der Waals surface area contributed by atoms with Gasteiger partial charge in [0.1, 0.15) is 0 Å². The van der Waals surface area contributed by atoms with Crippen LogP contribution in [0.25, 0.3) is 0 Å². The maximum Gasteiger partial charge on any atom is 0.170 e. The van der Waals surface area contributed by atoms with E-state index in [1.165, 1.54) is 64.2 Å². The quantitative estimate of drug-likeness (QED) is 0.561. The van der Waals surface area contributed by atoms with Crippen molar-refractivity contribution in [1.29, 1.82) is 0 Å². The van der Waals surface area contributed by atoms with Crippen LogP contribution >= 0.6 is 0 Å². The molecule has 0 saturated heterocycles. The van der Waals surface area contributed by atoms with Crippen molar-refractivity contribution in [2.45, 2.75) is 90.4 Å². The smallest absolute Gasteiger partial charge is 0.170 e. The minimum absolute atomic E-state index is 0.329. The van der Waals surface area contributed by atoms with Crippen molar-refractivity contribution in [2.75, 3.05) is 13.2 Å². The minimum atomic E-state index is -0.973. The lowest BCUT2D eigenvalue weighted by atomic mass is 9.59. The van der Waals surface area contributed by atoms with E-state index >= 15 is 0 Å². The van der Waals surface area contributed by atoms with Crippen LogP contribution in [0.5, 0.6) is 0 Å². The van der Waals surface area contributed by atoms with E-state index < -0.39 is 18.1 Å². The maximum atomic E-state index is 6.42. The highest BCUT2D eigenvalue weighted by Gasteiger charge is 2.46. The molecule has 0 aromatic heterocycles. The summed E-state index contributed by atoms with van der Waals surface area (Å²) in [6.45, 7) is 11.3. The van der Waals surface area contributed by atoms with Gasteiger partial charge >= 0.3 is 0 Å². The average molecular weight is 357 g/mol. The van der Waals surface area contributed by atoms with Crippen molar-refractivity contribution < 1.29 is 8.85 Å². The molecule has 0 heterocycles. The summed E-state index contributed by atoms with van der Waals surface area (Å²) in [5.74, 6) is 1.69. The third-order valence-corrected chi connectivity index (χ3v) is 7.87. The molecule has 2 aliphatic rings. The molecular formula is C19H40O2Si2. The molecule has 0 radical (unpaired) electrons. The summed E-state index contributed by atoms with van der Waals surface area (Å²) in [4.78, 5) is 0. The van der Waals surface area contributed by atoms with Crippen LogP contribution in [-0.2, 0) is 8.85 Å². The Morgan fingerprint density at radius 1 is 0.652 bits per heavy atom. The molecule has 2 rings (SSSR count). The molecule has 4 heteroatoms. The Hall–Kier alpha value is 0.354. The lowest BCUT2D eigenvalue weighted by Gasteiger charge is -2.49. The van der Waals surface area contributed by atoms with Gasteiger partial charge in [-0.1, -0.05) is 38.5 Å². The van der Waals surface area contributed by atoms with Crippen LogP contribution in [-0.4, -0.2) is 31.3 Å². The molecule has 0 aromatic carbocycles. The van der Waals surface area contributed by atoms with E-state index in [0.29, 0.717) is 5.41 Å². The van der Waals surface area contributed by atoms with Gasteiger partial charge in [0.15, 0.2) is 18.1 Å². The first kappa shape index (κ1) is 19.7. The van der Waals surface area contributed by atoms with Crippen molar-refractivity contribution in [3.8, 4) is 0 Å². The Balaban J connectivity index is 2.20. The molecule has 0 unspecified atom stereocenters. The van der Waals surface area contributed by atoms with E-state index in [9.17, 15) is 0 Å². The molecule has 0 N–H and O–H groups in total. The van der Waals surface area contributed by atoms with Crippen molar-refractivity contribution in [1.82, 2.24) is 0 Å². The zero-order valence-electron chi connectivity index (χ0n) is 16.1. The van der Waals surface area contributed by atoms with Crippen LogP contribution in [0.4, 0.5) is 0 Å². The van der Waals surface area contributed by atoms with E-state index in [0.717, 1.165) is 25.0 Å². The first-order valence-corrected chi connectivity index (χ1v) is 15.8. The first-order valence-electron chi connectivity index (χ1n) is 10.3. The van der Waals surface area contributed by atoms with Crippen molar-refractivity contribution in [3.63, 3.8) is 0 Å². The Kier molecular flexibility index (Phi) is 8.33. The SMILES string of the molecule is C[SiH](C)OCC(CO[SiH](C)C)(C1CCCCC1)C1CCCCC1. The number of hydrogen-bond donors (Lipinski definition) is 0. The average Bonchev–Trinajstić information content (AvgIpc) is 2.56. The predicted octanol–water partition coefficient (Wildman–Crippen LogP) is 5.13. The van der Waals surface area contributed by atoms with E-state index in [1.54, 1.807) is 0 Å². The van der Waals surface area contributed by atoms with Gasteiger partial charge in [-0.3, -0.25) is 0 Å². The van der Waals surface area contributed by atoms with Crippen LogP contribution in [0, 0.1) is 17.3 Å². The summed E-state index contributed by atoms with van der Waals surface area (Å²) in [6.07, 6.45) is 14.3. The van der Waals surface area contributed by atoms with Gasteiger partial charge in [0.2, 0.25) is 0 Å². The van der Waals surface area contributed by atoms with Crippen LogP contribution in [0.2, 0.25) is 26.2 Å². The lowest BCUT2D eigenvalue weighted by Crippen LogP contribution is -2.49. The topological polar surface area (TPSA) is 18.5 Å². The highest BCUT2D eigenvalue weighted by Crippen LogP contribution is 2.49. The molecule has 0 aliphatic heterocycles. The van der Waals surface area contributed by atoms with Crippen molar-refractivity contribution in [2.24, 2.45) is 17.3 Å². The summed E-state index contributed by atoms with van der Waals surface area (Å²) in [7, 11) is -1.95. The first-order chi connectivity index (χ1) is 11.0. The minimum Gasteiger partial charge on any atom is -0.420 e. The summed E-state index contributed by atoms with van der Waals surface area (Å²) in [5, 5.41) is 0. The van der Waals surface area contributed by atoms with Gasteiger partial charge in [0.25, 0.3) is 0 Å². The zero-order valence-corrected chi connectivity index (χ0v) is 18.4. The molecule has 0 spiro atoms. The monoisotopic (exact) mass is 356 g/mol. The molecule has 2 fully saturated rings. The molecule has 0 amide bonds. The van der Waals surface area contributed by atoms with Gasteiger partial charge in [-0.15, -0.1) is 0 Å². The van der Waals surface area contributed by atoms with Gasteiger partial charge < -0.3 is 8.85 Å². The van der Waals surface area contributed by atoms with Gasteiger partial charge in [0, 0.05) is 18.6 Å². The predicted molar refractivity (Wildman–Crippen MR) is 105 cm³/mol. The fraction of sp³-hybridized carbons (Fsp3) is 1.00. The molecule has 0 aromatic rings. The van der Waals surface area contributed by atoms with E-state index in [-0.39, 0.29) is 0 Å². The molecule has 2 nitrogen and oxygen atoms in total. The molecule has 136 valence electrons. The molecular weight excluding hydrogens is 316 g/mol. The summed E-state index contributed by atoms with van der Waals surface area (Å²) >= 11 is 0. The second-order valence-corrected chi connectivity index (χ2v) is 13.5. The summed E-state index contributed by atoms with van der Waals surface area (Å²) in [6, 6.07) is 0. The van der Waals surface area contributed by atoms with E-state index in [4.69, 9.17) is 8.85 Å².